The third kappa shape index (κ3) is 7.24. The average Bonchev–Trinajstić information content (AvgIpc) is 3.28. The van der Waals surface area contributed by atoms with E-state index in [0.29, 0.717) is 6.42 Å². The molecule has 0 bridgehead atoms. The van der Waals surface area contributed by atoms with Crippen LogP contribution in [0.25, 0.3) is 11.4 Å². The molecule has 8 nitrogen and oxygen atoms in total. The van der Waals surface area contributed by atoms with Crippen LogP contribution in [0.1, 0.15) is 95.8 Å². The highest BCUT2D eigenvalue weighted by Crippen LogP contribution is 2.27. The first-order valence-corrected chi connectivity index (χ1v) is 10.8. The van der Waals surface area contributed by atoms with E-state index in [9.17, 15) is 24.6 Å². The molecule has 2 rings (SSSR count). The van der Waals surface area contributed by atoms with Gasteiger partial charge in [-0.15, -0.1) is 0 Å². The number of benzene rings is 1. The number of ether oxygens (including phenoxy) is 1. The zero-order valence-corrected chi connectivity index (χ0v) is 17.9. The van der Waals surface area contributed by atoms with Crippen molar-refractivity contribution in [3.8, 4) is 11.4 Å². The first-order valence-electron chi connectivity index (χ1n) is 10.8. The number of rotatable bonds is 14. The number of nitrogens with zero attached hydrogens (tertiary/aromatic N) is 1. The lowest BCUT2D eigenvalue weighted by molar-refractivity contribution is 0.0487. The molecule has 1 heterocycles. The number of hydrogen-bond acceptors (Lipinski definition) is 5. The Labute approximate surface area is 181 Å². The monoisotopic (exact) mass is 430 g/mol. The molecule has 0 aliphatic heterocycles. The third-order valence-corrected chi connectivity index (χ3v) is 5.05. The minimum absolute atomic E-state index is 0.0828. The Morgan fingerprint density at radius 1 is 0.935 bits per heavy atom. The quantitative estimate of drug-likeness (QED) is 0.279. The number of aromatic nitrogens is 2. The summed E-state index contributed by atoms with van der Waals surface area (Å²) in [5.41, 5.74) is -0.801. The van der Waals surface area contributed by atoms with E-state index in [0.717, 1.165) is 25.3 Å². The molecule has 0 fully saturated rings. The first kappa shape index (κ1) is 24.1. The predicted octanol–water partition coefficient (Wildman–Crippen LogP) is 5.16. The van der Waals surface area contributed by atoms with Crippen LogP contribution >= 0.6 is 0 Å². The van der Waals surface area contributed by atoms with Crippen LogP contribution in [0.5, 0.6) is 0 Å². The maximum Gasteiger partial charge on any atom is 0.339 e. The minimum Gasteiger partial charge on any atom is -0.478 e. The number of H-pyrrole nitrogens is 1. The van der Waals surface area contributed by atoms with E-state index >= 15 is 0 Å². The van der Waals surface area contributed by atoms with Gasteiger partial charge in [-0.25, -0.2) is 19.4 Å². The molecule has 0 spiro atoms. The summed E-state index contributed by atoms with van der Waals surface area (Å²) in [5.74, 6) is -3.32. The number of imidazole rings is 1. The summed E-state index contributed by atoms with van der Waals surface area (Å²) in [5, 5.41) is 18.9. The summed E-state index contributed by atoms with van der Waals surface area (Å²) in [6.45, 7) is 2.37. The van der Waals surface area contributed by atoms with E-state index in [1.807, 2.05) is 0 Å². The van der Waals surface area contributed by atoms with Crippen LogP contribution in [0.4, 0.5) is 0 Å². The van der Waals surface area contributed by atoms with Crippen molar-refractivity contribution in [2.75, 3.05) is 6.61 Å². The lowest BCUT2D eigenvalue weighted by Crippen LogP contribution is -2.16. The summed E-state index contributed by atoms with van der Waals surface area (Å²) in [6.07, 6.45) is 13.0. The molecule has 1 aromatic carbocycles. The van der Waals surface area contributed by atoms with Gasteiger partial charge in [-0.05, 0) is 18.6 Å². The number of carbonyl (C=O) groups excluding carboxylic acids is 1. The van der Waals surface area contributed by atoms with E-state index in [1.165, 1.54) is 50.6 Å². The fourth-order valence-corrected chi connectivity index (χ4v) is 3.40. The molecular formula is C23H30N2O6. The van der Waals surface area contributed by atoms with Gasteiger partial charge >= 0.3 is 17.9 Å². The molecule has 0 saturated heterocycles. The van der Waals surface area contributed by atoms with Crippen molar-refractivity contribution in [2.45, 2.75) is 64.7 Å². The summed E-state index contributed by atoms with van der Waals surface area (Å²) in [7, 11) is 0. The Morgan fingerprint density at radius 2 is 1.58 bits per heavy atom. The molecule has 168 valence electrons. The van der Waals surface area contributed by atoms with Crippen molar-refractivity contribution in [2.24, 2.45) is 0 Å². The number of carboxylic acid groups (broad SMARTS) is 2. The van der Waals surface area contributed by atoms with Crippen molar-refractivity contribution < 1.29 is 29.3 Å². The van der Waals surface area contributed by atoms with Gasteiger partial charge in [-0.2, -0.15) is 0 Å². The van der Waals surface area contributed by atoms with Crippen LogP contribution in [0.15, 0.2) is 24.5 Å². The Balaban J connectivity index is 2.01. The number of esters is 1. The first-order chi connectivity index (χ1) is 15.0. The zero-order chi connectivity index (χ0) is 22.6. The average molecular weight is 431 g/mol. The van der Waals surface area contributed by atoms with Gasteiger partial charge in [-0.1, -0.05) is 58.3 Å². The van der Waals surface area contributed by atoms with Gasteiger partial charge in [0.25, 0.3) is 0 Å². The SMILES string of the molecule is CCCCCCCCCCCOC(=O)c1c(C(=O)O)cc(C(=O)O)cc1-c1ncc[nH]1. The molecule has 1 aromatic heterocycles. The van der Waals surface area contributed by atoms with Crippen LogP contribution in [-0.4, -0.2) is 44.7 Å². The van der Waals surface area contributed by atoms with Crippen molar-refractivity contribution in [3.05, 3.63) is 41.2 Å². The van der Waals surface area contributed by atoms with Crippen LogP contribution in [0.2, 0.25) is 0 Å². The van der Waals surface area contributed by atoms with E-state index < -0.39 is 23.5 Å². The van der Waals surface area contributed by atoms with E-state index in [2.05, 4.69) is 16.9 Å². The van der Waals surface area contributed by atoms with Crippen LogP contribution < -0.4 is 0 Å². The van der Waals surface area contributed by atoms with Gasteiger partial charge in [0.2, 0.25) is 0 Å². The Kier molecular flexibility index (Phi) is 9.74. The van der Waals surface area contributed by atoms with Gasteiger partial charge < -0.3 is 19.9 Å². The number of hydrogen-bond donors (Lipinski definition) is 3. The third-order valence-electron chi connectivity index (χ3n) is 5.05. The molecular weight excluding hydrogens is 400 g/mol. The van der Waals surface area contributed by atoms with Crippen LogP contribution in [0, 0.1) is 0 Å². The van der Waals surface area contributed by atoms with Gasteiger partial charge in [0.1, 0.15) is 5.82 Å². The zero-order valence-electron chi connectivity index (χ0n) is 17.9. The normalized spacial score (nSPS) is 10.7. The number of aromatic carboxylic acids is 2. The standard InChI is InChI=1S/C23H30N2O6/c1-2-3-4-5-6-7-8-9-10-13-31-23(30)19-17(20-24-11-12-25-20)14-16(21(26)27)15-18(19)22(28)29/h11-12,14-15H,2-10,13H2,1H3,(H,24,25)(H,26,27)(H,28,29). The Hall–Kier alpha value is -3.16. The van der Waals surface area contributed by atoms with Gasteiger partial charge in [-0.3, -0.25) is 0 Å². The second-order valence-corrected chi connectivity index (χ2v) is 7.46. The number of aromatic amines is 1. The van der Waals surface area contributed by atoms with E-state index in [4.69, 9.17) is 4.74 Å². The lowest BCUT2D eigenvalue weighted by atomic mass is 9.96. The molecule has 3 N–H and O–H groups in total. The summed E-state index contributed by atoms with van der Waals surface area (Å²) >= 11 is 0. The van der Waals surface area contributed by atoms with Crippen molar-refractivity contribution in [1.29, 1.82) is 0 Å². The molecule has 0 aliphatic carbocycles. The second-order valence-electron chi connectivity index (χ2n) is 7.46. The topological polar surface area (TPSA) is 130 Å². The van der Waals surface area contributed by atoms with E-state index in [-0.39, 0.29) is 29.1 Å². The summed E-state index contributed by atoms with van der Waals surface area (Å²) in [6, 6.07) is 2.19. The molecule has 0 aliphatic rings. The smallest absolute Gasteiger partial charge is 0.339 e. The van der Waals surface area contributed by atoms with Crippen molar-refractivity contribution >= 4 is 17.9 Å². The molecule has 2 aromatic rings. The second kappa shape index (κ2) is 12.5. The highest BCUT2D eigenvalue weighted by Gasteiger charge is 2.26. The van der Waals surface area contributed by atoms with Crippen molar-refractivity contribution in [3.63, 3.8) is 0 Å². The highest BCUT2D eigenvalue weighted by atomic mass is 16.5. The van der Waals surface area contributed by atoms with Gasteiger partial charge in [0.05, 0.1) is 23.3 Å². The maximum atomic E-state index is 12.7. The molecule has 31 heavy (non-hydrogen) atoms. The number of unbranched alkanes of at least 4 members (excludes halogenated alkanes) is 8. The van der Waals surface area contributed by atoms with E-state index in [1.54, 1.807) is 0 Å². The fourth-order valence-electron chi connectivity index (χ4n) is 3.40. The van der Waals surface area contributed by atoms with Crippen molar-refractivity contribution in [1.82, 2.24) is 9.97 Å². The fraction of sp³-hybridized carbons (Fsp3) is 0.478. The van der Waals surface area contributed by atoms with Crippen LogP contribution in [-0.2, 0) is 4.74 Å². The maximum absolute atomic E-state index is 12.7. The molecule has 0 radical (unpaired) electrons. The predicted molar refractivity (Wildman–Crippen MR) is 115 cm³/mol. The largest absolute Gasteiger partial charge is 0.478 e. The number of nitrogens with one attached hydrogen (secondary N) is 1. The van der Waals surface area contributed by atoms with Gasteiger partial charge in [0, 0.05) is 18.0 Å². The van der Waals surface area contributed by atoms with Gasteiger partial charge in [0.15, 0.2) is 0 Å². The molecule has 8 heteroatoms. The minimum atomic E-state index is -1.41. The Morgan fingerprint density at radius 3 is 2.13 bits per heavy atom. The molecule has 0 atom stereocenters. The number of carboxylic acids is 2. The van der Waals surface area contributed by atoms with Crippen LogP contribution in [0.3, 0.4) is 0 Å². The summed E-state index contributed by atoms with van der Waals surface area (Å²) in [4.78, 5) is 42.7. The molecule has 0 saturated carbocycles. The molecule has 0 amide bonds. The summed E-state index contributed by atoms with van der Waals surface area (Å²) < 4.78 is 5.33. The Bertz CT molecular complexity index is 876. The highest BCUT2D eigenvalue weighted by molar-refractivity contribution is 6.08. The number of carbonyl (C=O) groups is 3. The molecule has 0 unspecified atom stereocenters. The lowest BCUT2D eigenvalue weighted by Gasteiger charge is -2.12.